The van der Waals surface area contributed by atoms with Crippen molar-refractivity contribution in [3.63, 3.8) is 0 Å². The van der Waals surface area contributed by atoms with Crippen LogP contribution in [0.4, 0.5) is 4.79 Å². The van der Waals surface area contributed by atoms with Crippen LogP contribution in [-0.4, -0.2) is 23.6 Å². The van der Waals surface area contributed by atoms with Gasteiger partial charge < -0.3 is 10.1 Å². The first kappa shape index (κ1) is 17.0. The number of carbonyl (C=O) groups is 2. The predicted molar refractivity (Wildman–Crippen MR) is 80.3 cm³/mol. The summed E-state index contributed by atoms with van der Waals surface area (Å²) in [5.74, 6) is -0.336. The maximum atomic E-state index is 11.8. The molecule has 116 valence electrons. The minimum atomic E-state index is -0.692. The molecule has 3 N–H and O–H groups in total. The van der Waals surface area contributed by atoms with Gasteiger partial charge in [0.05, 0.1) is 0 Å². The molecule has 0 radical (unpaired) electrons. The fourth-order valence-electron chi connectivity index (χ4n) is 1.49. The van der Waals surface area contributed by atoms with Crippen LogP contribution in [0.2, 0.25) is 0 Å². The van der Waals surface area contributed by atoms with E-state index in [0.29, 0.717) is 6.54 Å². The minimum absolute atomic E-state index is 0.336. The fraction of sp³-hybridized carbons (Fsp3) is 0.467. The van der Waals surface area contributed by atoms with Crippen LogP contribution in [0, 0.1) is 0 Å². The van der Waals surface area contributed by atoms with Crippen LogP contribution in [0.5, 0.6) is 0 Å². The number of rotatable bonds is 5. The molecule has 0 saturated heterocycles. The molecule has 0 bridgehead atoms. The summed E-state index contributed by atoms with van der Waals surface area (Å²) in [4.78, 5) is 23.3. The Bertz CT molecular complexity index is 469. The molecule has 1 aromatic carbocycles. The van der Waals surface area contributed by atoms with E-state index >= 15 is 0 Å². The van der Waals surface area contributed by atoms with E-state index < -0.39 is 17.7 Å². The average molecular weight is 293 g/mol. The summed E-state index contributed by atoms with van der Waals surface area (Å²) in [6.45, 7) is 7.38. The van der Waals surface area contributed by atoms with Crippen molar-refractivity contribution < 1.29 is 14.3 Å². The molecule has 0 spiro atoms. The number of alkyl carbamates (subject to hydrolysis) is 1. The van der Waals surface area contributed by atoms with Crippen LogP contribution in [0.3, 0.4) is 0 Å². The summed E-state index contributed by atoms with van der Waals surface area (Å²) in [7, 11) is 0. The zero-order valence-corrected chi connectivity index (χ0v) is 12.9. The monoisotopic (exact) mass is 293 g/mol. The summed E-state index contributed by atoms with van der Waals surface area (Å²) >= 11 is 0. The molecule has 0 aliphatic heterocycles. The van der Waals surface area contributed by atoms with Gasteiger partial charge in [-0.05, 0) is 33.3 Å². The number of hydrazine groups is 1. The van der Waals surface area contributed by atoms with Gasteiger partial charge in [0.2, 0.25) is 0 Å². The fourth-order valence-corrected chi connectivity index (χ4v) is 1.49. The molecule has 21 heavy (non-hydrogen) atoms. The number of nitrogens with one attached hydrogen (secondary N) is 3. The minimum Gasteiger partial charge on any atom is -0.444 e. The van der Waals surface area contributed by atoms with Crippen LogP contribution in [0.25, 0.3) is 0 Å². The second kappa shape index (κ2) is 7.64. The van der Waals surface area contributed by atoms with E-state index in [4.69, 9.17) is 4.74 Å². The lowest BCUT2D eigenvalue weighted by Gasteiger charge is -2.21. The summed E-state index contributed by atoms with van der Waals surface area (Å²) < 4.78 is 5.08. The van der Waals surface area contributed by atoms with Crippen LogP contribution in [0.1, 0.15) is 33.3 Å². The quantitative estimate of drug-likeness (QED) is 0.722. The zero-order chi connectivity index (χ0) is 15.9. The van der Waals surface area contributed by atoms with Gasteiger partial charge in [0.15, 0.2) is 0 Å². The third-order valence-electron chi connectivity index (χ3n) is 2.47. The standard InChI is InChI=1S/C15H23N3O3/c1-11(17-14(20)21-15(2,3)4)13(19)18-16-10-12-8-6-5-7-9-12/h5-9,11,16H,10H2,1-4H3,(H,17,20)(H,18,19)/t11-/m0/s1. The van der Waals surface area contributed by atoms with Crippen LogP contribution < -0.4 is 16.2 Å². The van der Waals surface area contributed by atoms with Gasteiger partial charge in [-0.1, -0.05) is 30.3 Å². The lowest BCUT2D eigenvalue weighted by Crippen LogP contribution is -2.50. The summed E-state index contributed by atoms with van der Waals surface area (Å²) in [6.07, 6.45) is -0.617. The largest absolute Gasteiger partial charge is 0.444 e. The van der Waals surface area contributed by atoms with Gasteiger partial charge in [0.25, 0.3) is 5.91 Å². The molecular formula is C15H23N3O3. The SMILES string of the molecule is C[C@H](NC(=O)OC(C)(C)C)C(=O)NNCc1ccccc1. The third-order valence-corrected chi connectivity index (χ3v) is 2.47. The number of amides is 2. The first-order valence-corrected chi connectivity index (χ1v) is 6.84. The van der Waals surface area contributed by atoms with Crippen molar-refractivity contribution in [3.8, 4) is 0 Å². The molecule has 0 fully saturated rings. The van der Waals surface area contributed by atoms with Gasteiger partial charge in [0.1, 0.15) is 11.6 Å². The second-order valence-electron chi connectivity index (χ2n) is 5.70. The molecule has 1 aromatic rings. The molecule has 2 amide bonds. The van der Waals surface area contributed by atoms with E-state index in [9.17, 15) is 9.59 Å². The van der Waals surface area contributed by atoms with Crippen molar-refractivity contribution in [2.75, 3.05) is 0 Å². The number of ether oxygens (including phenoxy) is 1. The van der Waals surface area contributed by atoms with E-state index in [0.717, 1.165) is 5.56 Å². The maximum absolute atomic E-state index is 11.8. The molecule has 0 saturated carbocycles. The van der Waals surface area contributed by atoms with E-state index in [1.807, 2.05) is 30.3 Å². The molecule has 0 unspecified atom stereocenters. The van der Waals surface area contributed by atoms with Gasteiger partial charge in [-0.25, -0.2) is 10.2 Å². The second-order valence-corrected chi connectivity index (χ2v) is 5.70. The van der Waals surface area contributed by atoms with Crippen molar-refractivity contribution in [1.29, 1.82) is 0 Å². The normalized spacial score (nSPS) is 12.4. The number of carbonyl (C=O) groups excluding carboxylic acids is 2. The summed E-state index contributed by atoms with van der Waals surface area (Å²) in [5, 5.41) is 2.47. The zero-order valence-electron chi connectivity index (χ0n) is 12.9. The van der Waals surface area contributed by atoms with Crippen molar-refractivity contribution in [1.82, 2.24) is 16.2 Å². The Hall–Kier alpha value is -2.08. The Labute approximate surface area is 125 Å². The van der Waals surface area contributed by atoms with Gasteiger partial charge in [-0.3, -0.25) is 10.2 Å². The van der Waals surface area contributed by atoms with E-state index in [1.54, 1.807) is 27.7 Å². The Balaban J connectivity index is 2.29. The van der Waals surface area contributed by atoms with Crippen molar-refractivity contribution >= 4 is 12.0 Å². The van der Waals surface area contributed by atoms with Crippen LogP contribution in [-0.2, 0) is 16.1 Å². The number of hydrogen-bond donors (Lipinski definition) is 3. The predicted octanol–water partition coefficient (Wildman–Crippen LogP) is 1.72. The molecule has 0 aliphatic carbocycles. The number of hydrogen-bond acceptors (Lipinski definition) is 4. The Morgan fingerprint density at radius 2 is 1.81 bits per heavy atom. The first-order chi connectivity index (χ1) is 9.78. The molecule has 1 atom stereocenters. The van der Waals surface area contributed by atoms with Crippen molar-refractivity contribution in [3.05, 3.63) is 35.9 Å². The number of benzene rings is 1. The highest BCUT2D eigenvalue weighted by atomic mass is 16.6. The molecule has 0 aromatic heterocycles. The average Bonchev–Trinajstić information content (AvgIpc) is 2.37. The molecule has 0 heterocycles. The van der Waals surface area contributed by atoms with Crippen LogP contribution in [0.15, 0.2) is 30.3 Å². The first-order valence-electron chi connectivity index (χ1n) is 6.84. The lowest BCUT2D eigenvalue weighted by atomic mass is 10.2. The van der Waals surface area contributed by atoms with Gasteiger partial charge >= 0.3 is 6.09 Å². The highest BCUT2D eigenvalue weighted by Gasteiger charge is 2.20. The Morgan fingerprint density at radius 1 is 1.19 bits per heavy atom. The third kappa shape index (κ3) is 7.31. The lowest BCUT2D eigenvalue weighted by molar-refractivity contribution is -0.123. The van der Waals surface area contributed by atoms with E-state index in [2.05, 4.69) is 16.2 Å². The van der Waals surface area contributed by atoms with Crippen molar-refractivity contribution in [2.45, 2.75) is 45.9 Å². The van der Waals surface area contributed by atoms with Crippen molar-refractivity contribution in [2.24, 2.45) is 0 Å². The van der Waals surface area contributed by atoms with E-state index in [1.165, 1.54) is 0 Å². The molecular weight excluding hydrogens is 270 g/mol. The Morgan fingerprint density at radius 3 is 2.38 bits per heavy atom. The summed E-state index contributed by atoms with van der Waals surface area (Å²) in [6, 6.07) is 8.97. The molecule has 6 heteroatoms. The Kier molecular flexibility index (Phi) is 6.17. The topological polar surface area (TPSA) is 79.5 Å². The van der Waals surface area contributed by atoms with E-state index in [-0.39, 0.29) is 5.91 Å². The van der Waals surface area contributed by atoms with Gasteiger partial charge in [-0.2, -0.15) is 0 Å². The summed E-state index contributed by atoms with van der Waals surface area (Å²) in [5.41, 5.74) is 5.81. The van der Waals surface area contributed by atoms with Crippen LogP contribution >= 0.6 is 0 Å². The van der Waals surface area contributed by atoms with Gasteiger partial charge in [0, 0.05) is 6.54 Å². The molecule has 1 rings (SSSR count). The maximum Gasteiger partial charge on any atom is 0.408 e. The molecule has 6 nitrogen and oxygen atoms in total. The highest BCUT2D eigenvalue weighted by Crippen LogP contribution is 2.06. The molecule has 0 aliphatic rings. The van der Waals surface area contributed by atoms with Gasteiger partial charge in [-0.15, -0.1) is 0 Å². The smallest absolute Gasteiger partial charge is 0.408 e. The highest BCUT2D eigenvalue weighted by molar-refractivity contribution is 5.84.